The molecule has 1 aromatic rings. The molecule has 1 spiro atoms. The van der Waals surface area contributed by atoms with Gasteiger partial charge in [0.2, 0.25) is 0 Å². The summed E-state index contributed by atoms with van der Waals surface area (Å²) in [6, 6.07) is 6.17. The van der Waals surface area contributed by atoms with Crippen molar-refractivity contribution in [1.82, 2.24) is 4.90 Å². The van der Waals surface area contributed by atoms with Crippen LogP contribution in [0.25, 0.3) is 0 Å². The Labute approximate surface area is 126 Å². The quantitative estimate of drug-likeness (QED) is 0.897. The normalized spacial score (nSPS) is 31.1. The smallest absolute Gasteiger partial charge is 0.0608 e. The van der Waals surface area contributed by atoms with Crippen molar-refractivity contribution < 1.29 is 5.11 Å². The van der Waals surface area contributed by atoms with Crippen LogP contribution in [0.4, 0.5) is 0 Å². The minimum absolute atomic E-state index is 0.0865. The van der Waals surface area contributed by atoms with Crippen LogP contribution in [0, 0.1) is 12.3 Å². The van der Waals surface area contributed by atoms with Gasteiger partial charge in [-0.3, -0.25) is 4.90 Å². The molecule has 110 valence electrons. The van der Waals surface area contributed by atoms with Crippen LogP contribution in [0.15, 0.2) is 18.2 Å². The molecule has 1 N–H and O–H groups in total. The van der Waals surface area contributed by atoms with Gasteiger partial charge in [0.05, 0.1) is 6.10 Å². The van der Waals surface area contributed by atoms with Crippen LogP contribution in [-0.2, 0) is 6.54 Å². The fraction of sp³-hybridized carbons (Fsp3) is 0.647. The number of hydrogen-bond donors (Lipinski definition) is 1. The Bertz CT molecular complexity index is 490. The zero-order chi connectivity index (χ0) is 14.2. The van der Waals surface area contributed by atoms with Crippen molar-refractivity contribution in [1.29, 1.82) is 0 Å². The second-order valence-electron chi connectivity index (χ2n) is 6.66. The molecule has 1 aliphatic heterocycles. The minimum Gasteiger partial charge on any atom is -0.393 e. The first kappa shape index (κ1) is 14.4. The molecule has 20 heavy (non-hydrogen) atoms. The topological polar surface area (TPSA) is 23.5 Å². The Hall–Kier alpha value is -0.570. The minimum atomic E-state index is -0.0865. The Morgan fingerprint density at radius 3 is 2.85 bits per heavy atom. The first-order valence-corrected chi connectivity index (χ1v) is 8.12. The third-order valence-corrected chi connectivity index (χ3v) is 5.48. The average molecular weight is 294 g/mol. The zero-order valence-corrected chi connectivity index (χ0v) is 13.0. The monoisotopic (exact) mass is 293 g/mol. The van der Waals surface area contributed by atoms with E-state index in [-0.39, 0.29) is 11.5 Å². The molecule has 3 rings (SSSR count). The van der Waals surface area contributed by atoms with Gasteiger partial charge in [-0.05, 0) is 62.4 Å². The SMILES string of the molecule is Cc1cc(Cl)ccc1CN1CCC[C@@]2(CCC[C@H]2O)C1. The van der Waals surface area contributed by atoms with Crippen molar-refractivity contribution in [2.45, 2.75) is 51.7 Å². The molecular weight excluding hydrogens is 270 g/mol. The van der Waals surface area contributed by atoms with Gasteiger partial charge in [-0.1, -0.05) is 24.1 Å². The Kier molecular flexibility index (Phi) is 4.07. The molecule has 1 aliphatic carbocycles. The maximum atomic E-state index is 10.3. The molecule has 1 saturated carbocycles. The maximum absolute atomic E-state index is 10.3. The number of piperidine rings is 1. The fourth-order valence-corrected chi connectivity index (χ4v) is 4.29. The molecule has 2 fully saturated rings. The lowest BCUT2D eigenvalue weighted by atomic mass is 9.76. The van der Waals surface area contributed by atoms with Gasteiger partial charge in [0.1, 0.15) is 0 Å². The number of aryl methyl sites for hydroxylation is 1. The highest BCUT2D eigenvalue weighted by Gasteiger charge is 2.44. The Balaban J connectivity index is 1.71. The van der Waals surface area contributed by atoms with E-state index in [1.54, 1.807) is 0 Å². The van der Waals surface area contributed by atoms with Gasteiger partial charge in [-0.2, -0.15) is 0 Å². The molecule has 0 radical (unpaired) electrons. The summed E-state index contributed by atoms with van der Waals surface area (Å²) in [6.07, 6.45) is 5.71. The van der Waals surface area contributed by atoms with E-state index in [0.717, 1.165) is 31.1 Å². The molecule has 2 aliphatic rings. The van der Waals surface area contributed by atoms with Gasteiger partial charge in [0, 0.05) is 23.5 Å². The van der Waals surface area contributed by atoms with Crippen molar-refractivity contribution in [3.63, 3.8) is 0 Å². The maximum Gasteiger partial charge on any atom is 0.0608 e. The number of aliphatic hydroxyl groups is 1. The summed E-state index contributed by atoms with van der Waals surface area (Å²) in [5, 5.41) is 11.1. The molecule has 1 heterocycles. The van der Waals surface area contributed by atoms with Gasteiger partial charge in [0.25, 0.3) is 0 Å². The van der Waals surface area contributed by atoms with E-state index in [0.29, 0.717) is 0 Å². The summed E-state index contributed by atoms with van der Waals surface area (Å²) in [6.45, 7) is 5.32. The van der Waals surface area contributed by atoms with E-state index >= 15 is 0 Å². The highest BCUT2D eigenvalue weighted by atomic mass is 35.5. The summed E-state index contributed by atoms with van der Waals surface area (Å²) in [5.41, 5.74) is 2.81. The molecule has 1 saturated heterocycles. The van der Waals surface area contributed by atoms with Crippen LogP contribution >= 0.6 is 11.6 Å². The molecule has 2 nitrogen and oxygen atoms in total. The van der Waals surface area contributed by atoms with Gasteiger partial charge in [-0.15, -0.1) is 0 Å². The molecule has 0 bridgehead atoms. The van der Waals surface area contributed by atoms with Crippen molar-refractivity contribution in [3.8, 4) is 0 Å². The summed E-state index contributed by atoms with van der Waals surface area (Å²) >= 11 is 6.03. The van der Waals surface area contributed by atoms with Crippen molar-refractivity contribution in [3.05, 3.63) is 34.3 Å². The third-order valence-electron chi connectivity index (χ3n) is 5.25. The summed E-state index contributed by atoms with van der Waals surface area (Å²) < 4.78 is 0. The van der Waals surface area contributed by atoms with Crippen LogP contribution in [0.3, 0.4) is 0 Å². The van der Waals surface area contributed by atoms with Crippen molar-refractivity contribution in [2.24, 2.45) is 5.41 Å². The number of likely N-dealkylation sites (tertiary alicyclic amines) is 1. The number of aliphatic hydroxyl groups excluding tert-OH is 1. The molecule has 2 atom stereocenters. The van der Waals surface area contributed by atoms with Gasteiger partial charge in [0.15, 0.2) is 0 Å². The summed E-state index contributed by atoms with van der Waals surface area (Å²) in [4.78, 5) is 2.52. The Morgan fingerprint density at radius 2 is 2.15 bits per heavy atom. The molecule has 0 amide bonds. The lowest BCUT2D eigenvalue weighted by Crippen LogP contribution is -2.46. The highest BCUT2D eigenvalue weighted by Crippen LogP contribution is 2.45. The van der Waals surface area contributed by atoms with Crippen molar-refractivity contribution >= 4 is 11.6 Å². The number of halogens is 1. The first-order valence-electron chi connectivity index (χ1n) is 7.75. The first-order chi connectivity index (χ1) is 9.59. The largest absolute Gasteiger partial charge is 0.393 e. The van der Waals surface area contributed by atoms with Crippen LogP contribution in [-0.4, -0.2) is 29.2 Å². The van der Waals surface area contributed by atoms with E-state index in [4.69, 9.17) is 11.6 Å². The molecule has 0 unspecified atom stereocenters. The Morgan fingerprint density at radius 1 is 1.35 bits per heavy atom. The fourth-order valence-electron chi connectivity index (χ4n) is 4.07. The predicted octanol–water partition coefficient (Wildman–Crippen LogP) is 3.78. The van der Waals surface area contributed by atoms with Gasteiger partial charge >= 0.3 is 0 Å². The second kappa shape index (κ2) is 5.67. The van der Waals surface area contributed by atoms with E-state index in [1.165, 1.54) is 36.8 Å². The van der Waals surface area contributed by atoms with Gasteiger partial charge in [-0.25, -0.2) is 0 Å². The summed E-state index contributed by atoms with van der Waals surface area (Å²) in [7, 11) is 0. The van der Waals surface area contributed by atoms with Gasteiger partial charge < -0.3 is 5.11 Å². The molecule has 1 aromatic carbocycles. The third kappa shape index (κ3) is 2.74. The number of benzene rings is 1. The molecule has 0 aromatic heterocycles. The van der Waals surface area contributed by atoms with Crippen LogP contribution < -0.4 is 0 Å². The lowest BCUT2D eigenvalue weighted by Gasteiger charge is -2.42. The second-order valence-corrected chi connectivity index (χ2v) is 7.09. The van der Waals surface area contributed by atoms with Crippen LogP contribution in [0.1, 0.15) is 43.2 Å². The zero-order valence-electron chi connectivity index (χ0n) is 12.2. The number of rotatable bonds is 2. The predicted molar refractivity (Wildman–Crippen MR) is 83.0 cm³/mol. The van der Waals surface area contributed by atoms with Crippen LogP contribution in [0.5, 0.6) is 0 Å². The molecular formula is C17H24ClNO. The average Bonchev–Trinajstić information content (AvgIpc) is 2.74. The van der Waals surface area contributed by atoms with Crippen molar-refractivity contribution in [2.75, 3.05) is 13.1 Å². The van der Waals surface area contributed by atoms with E-state index < -0.39 is 0 Å². The summed E-state index contributed by atoms with van der Waals surface area (Å²) in [5.74, 6) is 0. The van der Waals surface area contributed by atoms with E-state index in [9.17, 15) is 5.11 Å². The molecule has 3 heteroatoms. The number of nitrogens with zero attached hydrogens (tertiary/aromatic N) is 1. The highest BCUT2D eigenvalue weighted by molar-refractivity contribution is 6.30. The standard InChI is InChI=1S/C17H24ClNO/c1-13-10-15(18)6-5-14(13)11-19-9-3-8-17(12-19)7-2-4-16(17)20/h5-6,10,16,20H,2-4,7-9,11-12H2,1H3/t16-,17+/m1/s1. The van der Waals surface area contributed by atoms with Crippen LogP contribution in [0.2, 0.25) is 5.02 Å². The lowest BCUT2D eigenvalue weighted by molar-refractivity contribution is -0.0120. The van der Waals surface area contributed by atoms with E-state index in [2.05, 4.69) is 17.9 Å². The number of hydrogen-bond acceptors (Lipinski definition) is 2. The van der Waals surface area contributed by atoms with E-state index in [1.807, 2.05) is 12.1 Å².